The summed E-state index contributed by atoms with van der Waals surface area (Å²) in [7, 11) is 1.63. The molecule has 3 heterocycles. The van der Waals surface area contributed by atoms with Gasteiger partial charge in [0.2, 0.25) is 5.91 Å². The Hall–Kier alpha value is -3.13. The van der Waals surface area contributed by atoms with E-state index in [1.807, 2.05) is 52.8 Å². The van der Waals surface area contributed by atoms with Gasteiger partial charge >= 0.3 is 0 Å². The van der Waals surface area contributed by atoms with Crippen LogP contribution in [0.3, 0.4) is 0 Å². The van der Waals surface area contributed by atoms with Gasteiger partial charge in [-0.2, -0.15) is 0 Å². The molecule has 180 valence electrons. The fourth-order valence-corrected chi connectivity index (χ4v) is 5.37. The van der Waals surface area contributed by atoms with Crippen LogP contribution in [-0.4, -0.2) is 53.8 Å². The Morgan fingerprint density at radius 3 is 2.44 bits per heavy atom. The predicted octanol–water partition coefficient (Wildman–Crippen LogP) is 4.34. The highest BCUT2D eigenvalue weighted by atomic mass is 32.1. The molecule has 1 aromatic carbocycles. The minimum atomic E-state index is -0.0386. The smallest absolute Gasteiger partial charge is 0.270 e. The van der Waals surface area contributed by atoms with Gasteiger partial charge in [0.15, 0.2) is 5.78 Å². The van der Waals surface area contributed by atoms with Gasteiger partial charge in [0.05, 0.1) is 22.2 Å². The number of carbonyl (C=O) groups is 3. The molecule has 1 N–H and O–H groups in total. The maximum absolute atomic E-state index is 13.6. The van der Waals surface area contributed by atoms with Crippen LogP contribution in [0, 0.1) is 5.92 Å². The number of methoxy groups -OCH3 is 1. The van der Waals surface area contributed by atoms with Crippen LogP contribution in [0.1, 0.15) is 58.8 Å². The van der Waals surface area contributed by atoms with Crippen molar-refractivity contribution in [2.75, 3.05) is 26.7 Å². The van der Waals surface area contributed by atoms with E-state index in [1.54, 1.807) is 14.0 Å². The van der Waals surface area contributed by atoms with E-state index in [9.17, 15) is 14.4 Å². The molecular formula is C26H31N3O4S. The maximum atomic E-state index is 13.6. The summed E-state index contributed by atoms with van der Waals surface area (Å²) in [5, 5.41) is 2.97. The third-order valence-electron chi connectivity index (χ3n) is 6.36. The molecule has 0 radical (unpaired) electrons. The van der Waals surface area contributed by atoms with Crippen molar-refractivity contribution in [3.05, 3.63) is 52.5 Å². The molecule has 1 fully saturated rings. The monoisotopic (exact) mass is 481 g/mol. The summed E-state index contributed by atoms with van der Waals surface area (Å²) in [6.07, 6.45) is 2.25. The Morgan fingerprint density at radius 1 is 1.12 bits per heavy atom. The summed E-state index contributed by atoms with van der Waals surface area (Å²) in [6, 6.07) is 11.6. The minimum absolute atomic E-state index is 0.0218. The Kier molecular flexibility index (Phi) is 7.36. The van der Waals surface area contributed by atoms with Gasteiger partial charge in [0.1, 0.15) is 11.4 Å². The number of carbonyl (C=O) groups excluding carboxylic acids is 3. The minimum Gasteiger partial charge on any atom is -0.497 e. The third-order valence-corrected chi connectivity index (χ3v) is 7.53. The summed E-state index contributed by atoms with van der Waals surface area (Å²) in [5.74, 6) is 0.817. The number of benzene rings is 1. The van der Waals surface area contributed by atoms with E-state index in [0.29, 0.717) is 49.6 Å². The van der Waals surface area contributed by atoms with E-state index in [4.69, 9.17) is 4.74 Å². The number of nitrogens with one attached hydrogen (secondary N) is 1. The second kappa shape index (κ2) is 10.4. The van der Waals surface area contributed by atoms with E-state index >= 15 is 0 Å². The van der Waals surface area contributed by atoms with Crippen molar-refractivity contribution >= 4 is 39.2 Å². The van der Waals surface area contributed by atoms with Crippen molar-refractivity contribution in [2.45, 2.75) is 39.7 Å². The molecule has 1 aliphatic heterocycles. The second-order valence-corrected chi connectivity index (χ2v) is 9.82. The first-order valence-corrected chi connectivity index (χ1v) is 12.6. The molecule has 0 atom stereocenters. The molecule has 0 spiro atoms. The zero-order valence-corrected chi connectivity index (χ0v) is 20.7. The van der Waals surface area contributed by atoms with Gasteiger partial charge in [-0.15, -0.1) is 11.3 Å². The molecule has 0 saturated carbocycles. The summed E-state index contributed by atoms with van der Waals surface area (Å²) in [5.41, 5.74) is 2.54. The molecule has 8 heteroatoms. The number of aromatic nitrogens is 1. The van der Waals surface area contributed by atoms with Crippen LogP contribution in [0.15, 0.2) is 36.4 Å². The lowest BCUT2D eigenvalue weighted by Crippen LogP contribution is -2.43. The fraction of sp³-hybridized carbons (Fsp3) is 0.423. The van der Waals surface area contributed by atoms with Gasteiger partial charge in [-0.3, -0.25) is 14.4 Å². The average molecular weight is 482 g/mol. The van der Waals surface area contributed by atoms with E-state index < -0.39 is 0 Å². The molecule has 2 aromatic heterocycles. The van der Waals surface area contributed by atoms with Crippen molar-refractivity contribution < 1.29 is 19.1 Å². The normalized spacial score (nSPS) is 14.4. The van der Waals surface area contributed by atoms with Crippen molar-refractivity contribution in [2.24, 2.45) is 5.92 Å². The van der Waals surface area contributed by atoms with Crippen LogP contribution in [-0.2, 0) is 11.3 Å². The van der Waals surface area contributed by atoms with Gasteiger partial charge in [-0.25, -0.2) is 0 Å². The number of hydrogen-bond acceptors (Lipinski definition) is 5. The second-order valence-electron chi connectivity index (χ2n) is 8.74. The van der Waals surface area contributed by atoms with E-state index in [0.717, 1.165) is 28.0 Å². The lowest BCUT2D eigenvalue weighted by molar-refractivity contribution is -0.126. The maximum Gasteiger partial charge on any atom is 0.270 e. The van der Waals surface area contributed by atoms with E-state index in [2.05, 4.69) is 5.32 Å². The topological polar surface area (TPSA) is 80.6 Å². The molecule has 4 rings (SSSR count). The Labute approximate surface area is 203 Å². The van der Waals surface area contributed by atoms with Gasteiger partial charge in [-0.05, 0) is 56.0 Å². The first kappa shape index (κ1) is 24.0. The SMILES string of the molecule is CCCNC(=O)C1CCN(C(=O)c2cc3sc(C(C)=O)cc3n2Cc2ccc(OC)cc2)CC1. The van der Waals surface area contributed by atoms with Crippen LogP contribution >= 0.6 is 11.3 Å². The number of Topliss-reactive ketones (excluding diaryl/α,β-unsaturated/α-hetero) is 1. The first-order chi connectivity index (χ1) is 16.4. The van der Waals surface area contributed by atoms with Crippen LogP contribution < -0.4 is 10.1 Å². The summed E-state index contributed by atoms with van der Waals surface area (Å²) >= 11 is 1.42. The lowest BCUT2D eigenvalue weighted by Gasteiger charge is -2.31. The van der Waals surface area contributed by atoms with Crippen LogP contribution in [0.2, 0.25) is 0 Å². The molecule has 1 aliphatic rings. The average Bonchev–Trinajstić information content (AvgIpc) is 3.42. The third kappa shape index (κ3) is 5.01. The quantitative estimate of drug-likeness (QED) is 0.486. The largest absolute Gasteiger partial charge is 0.497 e. The van der Waals surface area contributed by atoms with Gasteiger partial charge in [0.25, 0.3) is 5.91 Å². The fourth-order valence-electron chi connectivity index (χ4n) is 4.38. The summed E-state index contributed by atoms with van der Waals surface area (Å²) in [6.45, 7) is 5.92. The standard InChI is InChI=1S/C26H31N3O4S/c1-4-11-27-25(31)19-9-12-28(13-10-19)26(32)22-15-24-21(14-23(34-24)17(2)30)29(22)16-18-5-7-20(33-3)8-6-18/h5-8,14-15,19H,4,9-13,16H2,1-3H3,(H,27,31). The van der Waals surface area contributed by atoms with Gasteiger partial charge < -0.3 is 19.5 Å². The number of nitrogens with zero attached hydrogens (tertiary/aromatic N) is 2. The number of ketones is 1. The lowest BCUT2D eigenvalue weighted by atomic mass is 9.95. The number of amides is 2. The van der Waals surface area contributed by atoms with Gasteiger partial charge in [-0.1, -0.05) is 19.1 Å². The predicted molar refractivity (Wildman–Crippen MR) is 134 cm³/mol. The molecule has 34 heavy (non-hydrogen) atoms. The van der Waals surface area contributed by atoms with Crippen molar-refractivity contribution in [3.8, 4) is 5.75 Å². The Balaban J connectivity index is 1.58. The van der Waals surface area contributed by atoms with Crippen molar-refractivity contribution in [1.82, 2.24) is 14.8 Å². The molecule has 2 amide bonds. The van der Waals surface area contributed by atoms with Crippen LogP contribution in [0.4, 0.5) is 0 Å². The Morgan fingerprint density at radius 2 is 1.82 bits per heavy atom. The molecule has 0 unspecified atom stereocenters. The zero-order valence-electron chi connectivity index (χ0n) is 19.9. The highest BCUT2D eigenvalue weighted by Crippen LogP contribution is 2.32. The Bertz CT molecular complexity index is 1190. The number of ether oxygens (including phenoxy) is 1. The molecule has 0 aliphatic carbocycles. The number of fused-ring (bicyclic) bond motifs is 1. The van der Waals surface area contributed by atoms with Crippen molar-refractivity contribution in [1.29, 1.82) is 0 Å². The van der Waals surface area contributed by atoms with E-state index in [-0.39, 0.29) is 23.5 Å². The van der Waals surface area contributed by atoms with E-state index in [1.165, 1.54) is 11.3 Å². The van der Waals surface area contributed by atoms with Crippen LogP contribution in [0.25, 0.3) is 10.2 Å². The summed E-state index contributed by atoms with van der Waals surface area (Å²) in [4.78, 5) is 40.4. The van der Waals surface area contributed by atoms with Crippen LogP contribution in [0.5, 0.6) is 5.75 Å². The van der Waals surface area contributed by atoms with Gasteiger partial charge in [0, 0.05) is 32.1 Å². The molecular weight excluding hydrogens is 450 g/mol. The molecule has 0 bridgehead atoms. The molecule has 3 aromatic rings. The number of piperidine rings is 1. The zero-order chi connectivity index (χ0) is 24.2. The molecule has 1 saturated heterocycles. The number of likely N-dealkylation sites (tertiary alicyclic amines) is 1. The number of thiophene rings is 1. The number of hydrogen-bond donors (Lipinski definition) is 1. The number of rotatable bonds is 8. The van der Waals surface area contributed by atoms with Crippen molar-refractivity contribution in [3.63, 3.8) is 0 Å². The first-order valence-electron chi connectivity index (χ1n) is 11.7. The summed E-state index contributed by atoms with van der Waals surface area (Å²) < 4.78 is 8.19. The highest BCUT2D eigenvalue weighted by Gasteiger charge is 2.30. The molecule has 7 nitrogen and oxygen atoms in total. The highest BCUT2D eigenvalue weighted by molar-refractivity contribution is 7.20.